The van der Waals surface area contributed by atoms with E-state index in [-0.39, 0.29) is 0 Å². The Morgan fingerprint density at radius 3 is 2.80 bits per heavy atom. The Bertz CT molecular complexity index is 698. The van der Waals surface area contributed by atoms with E-state index in [1.807, 2.05) is 42.5 Å². The molecule has 0 unspecified atom stereocenters. The van der Waals surface area contributed by atoms with E-state index in [9.17, 15) is 0 Å². The Kier molecular flexibility index (Phi) is 3.78. The fraction of sp³-hybridized carbons (Fsp3) is 0.0667. The van der Waals surface area contributed by atoms with Gasteiger partial charge in [-0.05, 0) is 29.8 Å². The van der Waals surface area contributed by atoms with E-state index in [4.69, 9.17) is 4.42 Å². The highest BCUT2D eigenvalue weighted by Crippen LogP contribution is 2.22. The molecule has 3 aromatic rings. The predicted molar refractivity (Wildman–Crippen MR) is 81.2 cm³/mol. The Morgan fingerprint density at radius 2 is 2.00 bits per heavy atom. The number of nitrogens with one attached hydrogen (secondary N) is 1. The van der Waals surface area contributed by atoms with Crippen LogP contribution in [-0.2, 0) is 6.54 Å². The number of hydrogen-bond acceptors (Lipinski definition) is 4. The van der Waals surface area contributed by atoms with Crippen LogP contribution in [0.25, 0.3) is 11.5 Å². The van der Waals surface area contributed by atoms with Crippen molar-refractivity contribution in [2.75, 3.05) is 5.32 Å². The summed E-state index contributed by atoms with van der Waals surface area (Å²) in [5, 5.41) is 11.0. The SMILES string of the molecule is Brc1ccccc1CNc1cccc(-c2nnco2)c1. The second-order valence-electron chi connectivity index (χ2n) is 4.27. The third kappa shape index (κ3) is 2.88. The van der Waals surface area contributed by atoms with Crippen LogP contribution in [0.5, 0.6) is 0 Å². The van der Waals surface area contributed by atoms with Crippen LogP contribution in [0.3, 0.4) is 0 Å². The van der Waals surface area contributed by atoms with Crippen LogP contribution < -0.4 is 5.32 Å². The molecular formula is C15H12BrN3O. The van der Waals surface area contributed by atoms with Gasteiger partial charge >= 0.3 is 0 Å². The normalized spacial score (nSPS) is 10.4. The van der Waals surface area contributed by atoms with Gasteiger partial charge in [-0.3, -0.25) is 0 Å². The van der Waals surface area contributed by atoms with Crippen LogP contribution in [0, 0.1) is 0 Å². The average Bonchev–Trinajstić information content (AvgIpc) is 3.01. The van der Waals surface area contributed by atoms with E-state index >= 15 is 0 Å². The van der Waals surface area contributed by atoms with Gasteiger partial charge in [-0.1, -0.05) is 40.2 Å². The van der Waals surface area contributed by atoms with Gasteiger partial charge in [-0.2, -0.15) is 0 Å². The minimum atomic E-state index is 0.523. The molecule has 0 spiro atoms. The quantitative estimate of drug-likeness (QED) is 0.782. The molecule has 3 rings (SSSR count). The highest BCUT2D eigenvalue weighted by Gasteiger charge is 2.04. The van der Waals surface area contributed by atoms with Gasteiger partial charge in [0.15, 0.2) is 0 Å². The van der Waals surface area contributed by atoms with E-state index in [1.165, 1.54) is 12.0 Å². The second-order valence-corrected chi connectivity index (χ2v) is 5.12. The van der Waals surface area contributed by atoms with Gasteiger partial charge < -0.3 is 9.73 Å². The lowest BCUT2D eigenvalue weighted by Crippen LogP contribution is -2.00. The first-order valence-electron chi connectivity index (χ1n) is 6.17. The number of benzene rings is 2. The van der Waals surface area contributed by atoms with E-state index in [0.717, 1.165) is 22.3 Å². The fourth-order valence-electron chi connectivity index (χ4n) is 1.90. The smallest absolute Gasteiger partial charge is 0.247 e. The maximum absolute atomic E-state index is 5.20. The molecule has 0 aliphatic heterocycles. The number of halogens is 1. The first kappa shape index (κ1) is 12.9. The van der Waals surface area contributed by atoms with Crippen LogP contribution in [-0.4, -0.2) is 10.2 Å². The van der Waals surface area contributed by atoms with Gasteiger partial charge in [0.05, 0.1) is 0 Å². The predicted octanol–water partition coefficient (Wildman–Crippen LogP) is 4.11. The van der Waals surface area contributed by atoms with Crippen molar-refractivity contribution >= 4 is 21.6 Å². The molecule has 4 nitrogen and oxygen atoms in total. The molecule has 1 N–H and O–H groups in total. The fourth-order valence-corrected chi connectivity index (χ4v) is 2.33. The van der Waals surface area contributed by atoms with Crippen molar-refractivity contribution in [3.8, 4) is 11.5 Å². The second kappa shape index (κ2) is 5.88. The topological polar surface area (TPSA) is 51.0 Å². The lowest BCUT2D eigenvalue weighted by Gasteiger charge is -2.08. The minimum absolute atomic E-state index is 0.523. The highest BCUT2D eigenvalue weighted by molar-refractivity contribution is 9.10. The molecule has 0 amide bonds. The molecule has 0 fully saturated rings. The van der Waals surface area contributed by atoms with E-state index in [1.54, 1.807) is 0 Å². The zero-order chi connectivity index (χ0) is 13.8. The molecular weight excluding hydrogens is 318 g/mol. The van der Waals surface area contributed by atoms with Crippen LogP contribution in [0.1, 0.15) is 5.56 Å². The molecule has 100 valence electrons. The van der Waals surface area contributed by atoms with Crippen LogP contribution in [0.4, 0.5) is 5.69 Å². The van der Waals surface area contributed by atoms with Gasteiger partial charge in [-0.25, -0.2) is 0 Å². The van der Waals surface area contributed by atoms with Gasteiger partial charge in [0.25, 0.3) is 0 Å². The Balaban J connectivity index is 1.75. The maximum atomic E-state index is 5.20. The molecule has 0 bridgehead atoms. The van der Waals surface area contributed by atoms with Crippen LogP contribution in [0.2, 0.25) is 0 Å². The maximum Gasteiger partial charge on any atom is 0.247 e. The van der Waals surface area contributed by atoms with Crippen LogP contribution in [0.15, 0.2) is 63.8 Å². The number of hydrogen-bond donors (Lipinski definition) is 1. The average molecular weight is 330 g/mol. The van der Waals surface area contributed by atoms with Gasteiger partial charge in [0.1, 0.15) is 0 Å². The van der Waals surface area contributed by atoms with Crippen molar-refractivity contribution in [1.29, 1.82) is 0 Å². The molecule has 0 aliphatic rings. The molecule has 1 aromatic heterocycles. The molecule has 20 heavy (non-hydrogen) atoms. The lowest BCUT2D eigenvalue weighted by molar-refractivity contribution is 0.568. The summed E-state index contributed by atoms with van der Waals surface area (Å²) in [4.78, 5) is 0. The standard InChI is InChI=1S/C15H12BrN3O/c16-14-7-2-1-4-12(14)9-17-13-6-3-5-11(8-13)15-19-18-10-20-15/h1-8,10,17H,9H2. The molecule has 2 aromatic carbocycles. The Hall–Kier alpha value is -2.14. The summed E-state index contributed by atoms with van der Waals surface area (Å²) in [6.45, 7) is 0.745. The van der Waals surface area contributed by atoms with Crippen molar-refractivity contribution in [1.82, 2.24) is 10.2 Å². The molecule has 1 heterocycles. The number of rotatable bonds is 4. The molecule has 0 atom stereocenters. The van der Waals surface area contributed by atoms with Crippen molar-refractivity contribution < 1.29 is 4.42 Å². The molecule has 0 aliphatic carbocycles. The summed E-state index contributed by atoms with van der Waals surface area (Å²) in [6.07, 6.45) is 1.33. The van der Waals surface area contributed by atoms with Gasteiger partial charge in [0.2, 0.25) is 12.3 Å². The third-order valence-electron chi connectivity index (χ3n) is 2.91. The summed E-state index contributed by atoms with van der Waals surface area (Å²) in [7, 11) is 0. The largest absolute Gasteiger partial charge is 0.423 e. The monoisotopic (exact) mass is 329 g/mol. The van der Waals surface area contributed by atoms with Crippen molar-refractivity contribution in [2.24, 2.45) is 0 Å². The molecule has 0 radical (unpaired) electrons. The summed E-state index contributed by atoms with van der Waals surface area (Å²) in [5.41, 5.74) is 3.12. The zero-order valence-corrected chi connectivity index (χ0v) is 12.2. The number of nitrogens with zero attached hydrogens (tertiary/aromatic N) is 2. The Morgan fingerprint density at radius 1 is 1.10 bits per heavy atom. The third-order valence-corrected chi connectivity index (χ3v) is 3.68. The van der Waals surface area contributed by atoms with Crippen molar-refractivity contribution in [2.45, 2.75) is 6.54 Å². The minimum Gasteiger partial charge on any atom is -0.423 e. The van der Waals surface area contributed by atoms with Crippen molar-refractivity contribution in [3.63, 3.8) is 0 Å². The van der Waals surface area contributed by atoms with Crippen molar-refractivity contribution in [3.05, 3.63) is 65.0 Å². The Labute approximate surface area is 125 Å². The number of anilines is 1. The molecule has 0 saturated carbocycles. The zero-order valence-electron chi connectivity index (χ0n) is 10.6. The lowest BCUT2D eigenvalue weighted by atomic mass is 10.2. The highest BCUT2D eigenvalue weighted by atomic mass is 79.9. The molecule has 0 saturated heterocycles. The summed E-state index contributed by atoms with van der Waals surface area (Å²) >= 11 is 3.54. The van der Waals surface area contributed by atoms with E-state index in [2.05, 4.69) is 37.5 Å². The molecule has 5 heteroatoms. The summed E-state index contributed by atoms with van der Waals surface area (Å²) < 4.78 is 6.30. The first-order chi connectivity index (χ1) is 9.83. The van der Waals surface area contributed by atoms with Crippen LogP contribution >= 0.6 is 15.9 Å². The summed E-state index contributed by atoms with van der Waals surface area (Å²) in [5.74, 6) is 0.523. The first-order valence-corrected chi connectivity index (χ1v) is 6.96. The number of aromatic nitrogens is 2. The van der Waals surface area contributed by atoms with Gasteiger partial charge in [0, 0.05) is 22.3 Å². The van der Waals surface area contributed by atoms with Gasteiger partial charge in [-0.15, -0.1) is 10.2 Å². The van der Waals surface area contributed by atoms with E-state index in [0.29, 0.717) is 5.89 Å². The summed E-state index contributed by atoms with van der Waals surface area (Å²) in [6, 6.07) is 16.0. The van der Waals surface area contributed by atoms with E-state index < -0.39 is 0 Å².